The molecular formula is C18H23FN4O. The smallest absolute Gasteiger partial charge is 0.223 e. The summed E-state index contributed by atoms with van der Waals surface area (Å²) in [6.45, 7) is 1.37. The molecule has 0 spiro atoms. The number of piperidine rings is 1. The zero-order chi connectivity index (χ0) is 16.7. The van der Waals surface area contributed by atoms with E-state index in [1.807, 2.05) is 31.3 Å². The number of aromatic nitrogens is 2. The summed E-state index contributed by atoms with van der Waals surface area (Å²) < 4.78 is 17.0. The van der Waals surface area contributed by atoms with Gasteiger partial charge in [0, 0.05) is 38.9 Å². The average molecular weight is 330 g/mol. The van der Waals surface area contributed by atoms with Crippen molar-refractivity contribution in [1.82, 2.24) is 14.9 Å². The van der Waals surface area contributed by atoms with Gasteiger partial charge in [-0.1, -0.05) is 12.1 Å². The molecule has 2 heterocycles. The Morgan fingerprint density at radius 3 is 2.71 bits per heavy atom. The Bertz CT molecular complexity index is 759. The monoisotopic (exact) mass is 330 g/mol. The maximum atomic E-state index is 14.9. The summed E-state index contributed by atoms with van der Waals surface area (Å²) in [5.74, 6) is 1.04. The number of hydrogen-bond donors (Lipinski definition) is 1. The van der Waals surface area contributed by atoms with Gasteiger partial charge in [0.1, 0.15) is 5.67 Å². The highest BCUT2D eigenvalue weighted by atomic mass is 19.1. The molecule has 6 heteroatoms. The third kappa shape index (κ3) is 2.85. The minimum Gasteiger partial charge on any atom is -0.353 e. The molecular weight excluding hydrogens is 307 g/mol. The average Bonchev–Trinajstić information content (AvgIpc) is 3.39. The van der Waals surface area contributed by atoms with Crippen LogP contribution >= 0.6 is 0 Å². The fraction of sp³-hybridized carbons (Fsp3) is 0.556. The Morgan fingerprint density at radius 1 is 1.33 bits per heavy atom. The van der Waals surface area contributed by atoms with Crippen molar-refractivity contribution in [3.8, 4) is 0 Å². The van der Waals surface area contributed by atoms with E-state index < -0.39 is 5.67 Å². The van der Waals surface area contributed by atoms with Crippen LogP contribution in [-0.2, 0) is 11.8 Å². The molecule has 4 rings (SSSR count). The van der Waals surface area contributed by atoms with E-state index in [9.17, 15) is 9.18 Å². The number of nitrogens with one attached hydrogen (secondary N) is 1. The van der Waals surface area contributed by atoms with Crippen LogP contribution in [0.4, 0.5) is 10.3 Å². The van der Waals surface area contributed by atoms with Crippen molar-refractivity contribution in [3.63, 3.8) is 0 Å². The first-order valence-electron chi connectivity index (χ1n) is 8.69. The molecule has 0 bridgehead atoms. The zero-order valence-electron chi connectivity index (χ0n) is 14.0. The zero-order valence-corrected chi connectivity index (χ0v) is 14.0. The van der Waals surface area contributed by atoms with Crippen molar-refractivity contribution in [2.75, 3.05) is 24.5 Å². The molecule has 0 radical (unpaired) electrons. The van der Waals surface area contributed by atoms with E-state index in [-0.39, 0.29) is 18.4 Å². The second-order valence-electron chi connectivity index (χ2n) is 7.09. The van der Waals surface area contributed by atoms with Crippen molar-refractivity contribution < 1.29 is 9.18 Å². The number of carbonyl (C=O) groups is 1. The fourth-order valence-corrected chi connectivity index (χ4v) is 3.44. The quantitative estimate of drug-likeness (QED) is 0.936. The summed E-state index contributed by atoms with van der Waals surface area (Å²) in [6, 6.07) is 8.02. The SMILES string of the molecule is Cn1c(N2CCC(F)(CNC(=O)C3CC3)CC2)nc2ccccc21. The first-order valence-corrected chi connectivity index (χ1v) is 8.69. The second-order valence-corrected chi connectivity index (χ2v) is 7.09. The number of halogens is 1. The molecule has 1 saturated heterocycles. The summed E-state index contributed by atoms with van der Waals surface area (Å²) in [4.78, 5) is 18.5. The number of fused-ring (bicyclic) bond motifs is 1. The molecule has 0 unspecified atom stereocenters. The van der Waals surface area contributed by atoms with Gasteiger partial charge in [0.05, 0.1) is 17.6 Å². The van der Waals surface area contributed by atoms with Crippen LogP contribution in [0.1, 0.15) is 25.7 Å². The van der Waals surface area contributed by atoms with Crippen molar-refractivity contribution in [1.29, 1.82) is 0 Å². The van der Waals surface area contributed by atoms with E-state index in [1.165, 1.54) is 0 Å². The van der Waals surface area contributed by atoms with Crippen LogP contribution in [-0.4, -0.2) is 40.8 Å². The number of para-hydroxylation sites is 2. The van der Waals surface area contributed by atoms with E-state index in [0.29, 0.717) is 25.9 Å². The molecule has 5 nitrogen and oxygen atoms in total. The molecule has 1 aromatic carbocycles. The molecule has 24 heavy (non-hydrogen) atoms. The summed E-state index contributed by atoms with van der Waals surface area (Å²) in [5.41, 5.74) is 0.746. The topological polar surface area (TPSA) is 50.2 Å². The molecule has 2 aromatic rings. The van der Waals surface area contributed by atoms with Gasteiger partial charge in [-0.15, -0.1) is 0 Å². The van der Waals surface area contributed by atoms with E-state index >= 15 is 0 Å². The van der Waals surface area contributed by atoms with Gasteiger partial charge in [0.15, 0.2) is 0 Å². The lowest BCUT2D eigenvalue weighted by Crippen LogP contribution is -2.49. The number of imidazole rings is 1. The summed E-state index contributed by atoms with van der Waals surface area (Å²) >= 11 is 0. The van der Waals surface area contributed by atoms with Crippen LogP contribution in [0.3, 0.4) is 0 Å². The van der Waals surface area contributed by atoms with E-state index in [2.05, 4.69) is 19.8 Å². The molecule has 1 saturated carbocycles. The highest BCUT2D eigenvalue weighted by molar-refractivity contribution is 5.81. The maximum absolute atomic E-state index is 14.9. The van der Waals surface area contributed by atoms with Crippen molar-refractivity contribution in [2.24, 2.45) is 13.0 Å². The molecule has 0 atom stereocenters. The van der Waals surface area contributed by atoms with Gasteiger partial charge < -0.3 is 14.8 Å². The van der Waals surface area contributed by atoms with E-state index in [4.69, 9.17) is 0 Å². The van der Waals surface area contributed by atoms with Gasteiger partial charge in [0.2, 0.25) is 11.9 Å². The second kappa shape index (κ2) is 5.76. The third-order valence-corrected chi connectivity index (χ3v) is 5.23. The molecule has 2 fully saturated rings. The molecule has 1 aliphatic heterocycles. The predicted molar refractivity (Wildman–Crippen MR) is 91.7 cm³/mol. The van der Waals surface area contributed by atoms with Gasteiger partial charge in [-0.05, 0) is 25.0 Å². The summed E-state index contributed by atoms with van der Waals surface area (Å²) in [5, 5.41) is 2.79. The number of rotatable bonds is 4. The molecule has 2 aliphatic rings. The van der Waals surface area contributed by atoms with Crippen LogP contribution < -0.4 is 10.2 Å². The summed E-state index contributed by atoms with van der Waals surface area (Å²) in [7, 11) is 2.00. The number of aryl methyl sites for hydroxylation is 1. The lowest BCUT2D eigenvalue weighted by Gasteiger charge is -2.36. The first kappa shape index (κ1) is 15.4. The lowest BCUT2D eigenvalue weighted by atomic mass is 9.93. The number of anilines is 1. The Kier molecular flexibility index (Phi) is 3.70. The number of alkyl halides is 1. The lowest BCUT2D eigenvalue weighted by molar-refractivity contribution is -0.123. The highest BCUT2D eigenvalue weighted by Gasteiger charge is 2.37. The minimum absolute atomic E-state index is 0.0183. The van der Waals surface area contributed by atoms with E-state index in [1.54, 1.807) is 0 Å². The van der Waals surface area contributed by atoms with Crippen molar-refractivity contribution in [2.45, 2.75) is 31.4 Å². The molecule has 1 amide bonds. The molecule has 1 aromatic heterocycles. The Morgan fingerprint density at radius 2 is 2.04 bits per heavy atom. The molecule has 128 valence electrons. The van der Waals surface area contributed by atoms with E-state index in [0.717, 1.165) is 29.8 Å². The Balaban J connectivity index is 1.41. The van der Waals surface area contributed by atoms with Crippen molar-refractivity contribution in [3.05, 3.63) is 24.3 Å². The first-order chi connectivity index (χ1) is 11.6. The normalized spacial score (nSPS) is 20.3. The van der Waals surface area contributed by atoms with Crippen LogP contribution in [0.2, 0.25) is 0 Å². The number of amides is 1. The minimum atomic E-state index is -1.30. The number of benzene rings is 1. The molecule has 1 N–H and O–H groups in total. The Hall–Kier alpha value is -2.11. The van der Waals surface area contributed by atoms with Crippen LogP contribution in [0.15, 0.2) is 24.3 Å². The highest BCUT2D eigenvalue weighted by Crippen LogP contribution is 2.32. The summed E-state index contributed by atoms with van der Waals surface area (Å²) in [6.07, 6.45) is 2.74. The number of nitrogens with zero attached hydrogens (tertiary/aromatic N) is 3. The van der Waals surface area contributed by atoms with Gasteiger partial charge in [0.25, 0.3) is 0 Å². The van der Waals surface area contributed by atoms with Crippen LogP contribution in [0, 0.1) is 5.92 Å². The number of hydrogen-bond acceptors (Lipinski definition) is 3. The predicted octanol–water partition coefficient (Wildman–Crippen LogP) is 2.41. The van der Waals surface area contributed by atoms with Gasteiger partial charge in [-0.25, -0.2) is 9.37 Å². The molecule has 1 aliphatic carbocycles. The fourth-order valence-electron chi connectivity index (χ4n) is 3.44. The van der Waals surface area contributed by atoms with Gasteiger partial charge >= 0.3 is 0 Å². The standard InChI is InChI=1S/C18H23FN4O/c1-22-15-5-3-2-4-14(15)21-17(22)23-10-8-18(19,9-11-23)12-20-16(24)13-6-7-13/h2-5,13H,6-12H2,1H3,(H,20,24). The maximum Gasteiger partial charge on any atom is 0.223 e. The van der Waals surface area contributed by atoms with Gasteiger partial charge in [-0.2, -0.15) is 0 Å². The third-order valence-electron chi connectivity index (χ3n) is 5.23. The van der Waals surface area contributed by atoms with Crippen molar-refractivity contribution >= 4 is 22.9 Å². The number of carbonyl (C=O) groups excluding carboxylic acids is 1. The van der Waals surface area contributed by atoms with Crippen LogP contribution in [0.25, 0.3) is 11.0 Å². The van der Waals surface area contributed by atoms with Crippen LogP contribution in [0.5, 0.6) is 0 Å². The Labute approximate surface area is 140 Å². The largest absolute Gasteiger partial charge is 0.353 e. The van der Waals surface area contributed by atoms with Gasteiger partial charge in [-0.3, -0.25) is 4.79 Å².